The lowest BCUT2D eigenvalue weighted by Crippen LogP contribution is -2.56. The van der Waals surface area contributed by atoms with Crippen molar-refractivity contribution in [2.24, 2.45) is 11.8 Å². The third kappa shape index (κ3) is 28.5. The van der Waals surface area contributed by atoms with Gasteiger partial charge in [0.05, 0.1) is 0 Å². The van der Waals surface area contributed by atoms with Crippen LogP contribution in [0.4, 0.5) is 0 Å². The number of nitrogens with one attached hydrogen (secondary N) is 2. The van der Waals surface area contributed by atoms with E-state index in [0.717, 1.165) is 32.0 Å². The number of carbonyl (C=O) groups is 2. The van der Waals surface area contributed by atoms with Crippen LogP contribution in [-0.2, 0) is 21.9 Å². The first-order valence-electron chi connectivity index (χ1n) is 13.7. The lowest BCUT2D eigenvalue weighted by molar-refractivity contribution is -0.122. The van der Waals surface area contributed by atoms with E-state index in [-0.39, 0.29) is 17.3 Å². The van der Waals surface area contributed by atoms with Gasteiger partial charge >= 0.3 is 17.1 Å². The van der Waals surface area contributed by atoms with Crippen molar-refractivity contribution >= 4 is 45.6 Å². The molecule has 12 heteroatoms. The lowest BCUT2D eigenvalue weighted by Gasteiger charge is -2.41. The second-order valence-electron chi connectivity index (χ2n) is 13.0. The third-order valence-electron chi connectivity index (χ3n) is 4.50. The SMILES string of the molecule is CC(C)CNC(=O)CCCC[Si](C)(O[Si](C)(C)C)O[Si](C)(C)O[Si](C)(C)C.CCNC(=O)CC(C)C.O. The Morgan fingerprint density at radius 1 is 0.703 bits per heavy atom. The standard InChI is InChI=1S/C18H45NO4Si4.C7H15NO.H2O/c1-17(2)16-19-18(20)14-12-13-15-27(11,22-25(6,7)8)23-26(9,10)21-24(3,4)5;1-4-8-7(9)5-6(2)3;/h17H,12-16H2,1-11H3,(H,19,20);6H,4-5H2,1-3H3,(H,8,9);1H2. The number of amides is 2. The molecule has 0 spiro atoms. The molecule has 37 heavy (non-hydrogen) atoms. The molecule has 1 unspecified atom stereocenters. The second-order valence-corrected chi connectivity index (χ2v) is 29.5. The summed E-state index contributed by atoms with van der Waals surface area (Å²) in [5.74, 6) is 1.27. The zero-order valence-electron chi connectivity index (χ0n) is 26.6. The average Bonchev–Trinajstić information content (AvgIpc) is 2.59. The smallest absolute Gasteiger partial charge is 0.315 e. The lowest BCUT2D eigenvalue weighted by atomic mass is 10.1. The van der Waals surface area contributed by atoms with Crippen LogP contribution >= 0.6 is 0 Å². The van der Waals surface area contributed by atoms with Crippen molar-refractivity contribution in [2.75, 3.05) is 13.1 Å². The fraction of sp³-hybridized carbons (Fsp3) is 0.920. The van der Waals surface area contributed by atoms with E-state index in [0.29, 0.717) is 24.7 Å². The molecule has 1 atom stereocenters. The minimum Gasteiger partial charge on any atom is -0.437 e. The summed E-state index contributed by atoms with van der Waals surface area (Å²) in [6.45, 7) is 31.5. The Kier molecular flexibility index (Phi) is 21.0. The molecule has 0 bridgehead atoms. The molecule has 0 aliphatic rings. The summed E-state index contributed by atoms with van der Waals surface area (Å²) in [5.41, 5.74) is 0. The second kappa shape index (κ2) is 18.8. The molecule has 224 valence electrons. The van der Waals surface area contributed by atoms with Crippen molar-refractivity contribution in [1.82, 2.24) is 10.6 Å². The van der Waals surface area contributed by atoms with E-state index in [1.807, 2.05) is 20.8 Å². The highest BCUT2D eigenvalue weighted by atomic mass is 28.5. The maximum atomic E-state index is 11.9. The van der Waals surface area contributed by atoms with Gasteiger partial charge in [0, 0.05) is 25.9 Å². The van der Waals surface area contributed by atoms with Gasteiger partial charge in [0.1, 0.15) is 0 Å². The van der Waals surface area contributed by atoms with Gasteiger partial charge in [-0.25, -0.2) is 0 Å². The van der Waals surface area contributed by atoms with Crippen molar-refractivity contribution in [3.8, 4) is 0 Å². The first kappa shape index (κ1) is 41.1. The van der Waals surface area contributed by atoms with Gasteiger partial charge in [0.2, 0.25) is 11.8 Å². The molecule has 0 fully saturated rings. The zero-order valence-corrected chi connectivity index (χ0v) is 30.6. The Hall–Kier alpha value is -0.352. The van der Waals surface area contributed by atoms with Gasteiger partial charge in [0.15, 0.2) is 16.6 Å². The normalized spacial score (nSPS) is 13.8. The zero-order chi connectivity index (χ0) is 28.8. The molecule has 0 aliphatic carbocycles. The Bertz CT molecular complexity index is 638. The van der Waals surface area contributed by atoms with Gasteiger partial charge in [0.25, 0.3) is 0 Å². The topological polar surface area (TPSA) is 117 Å². The van der Waals surface area contributed by atoms with Gasteiger partial charge in [-0.3, -0.25) is 9.59 Å². The van der Waals surface area contributed by atoms with Crippen LogP contribution in [0.3, 0.4) is 0 Å². The minimum atomic E-state index is -2.34. The van der Waals surface area contributed by atoms with Crippen LogP contribution in [0.25, 0.3) is 0 Å². The maximum Gasteiger partial charge on any atom is 0.315 e. The van der Waals surface area contributed by atoms with Crippen LogP contribution in [-0.4, -0.2) is 64.1 Å². The molecule has 0 saturated heterocycles. The molecule has 8 nitrogen and oxygen atoms in total. The van der Waals surface area contributed by atoms with Crippen LogP contribution in [0.5, 0.6) is 0 Å². The van der Waals surface area contributed by atoms with E-state index in [4.69, 9.17) is 12.3 Å². The summed E-state index contributed by atoms with van der Waals surface area (Å²) < 4.78 is 19.6. The predicted octanol–water partition coefficient (Wildman–Crippen LogP) is 5.77. The summed E-state index contributed by atoms with van der Waals surface area (Å²) in [6.07, 6.45) is 3.06. The van der Waals surface area contributed by atoms with Crippen molar-refractivity contribution in [1.29, 1.82) is 0 Å². The molecule has 0 rings (SSSR count). The van der Waals surface area contributed by atoms with Crippen molar-refractivity contribution < 1.29 is 27.4 Å². The Labute approximate surface area is 233 Å². The number of unbranched alkanes of at least 4 members (excludes halogenated alkanes) is 1. The molecule has 0 aromatic heterocycles. The van der Waals surface area contributed by atoms with Crippen LogP contribution in [0.15, 0.2) is 0 Å². The molecule has 4 N–H and O–H groups in total. The summed E-state index contributed by atoms with van der Waals surface area (Å²) in [4.78, 5) is 22.7. The van der Waals surface area contributed by atoms with E-state index in [9.17, 15) is 9.59 Å². The van der Waals surface area contributed by atoms with Crippen LogP contribution in [0.2, 0.25) is 65.0 Å². The predicted molar refractivity (Wildman–Crippen MR) is 167 cm³/mol. The highest BCUT2D eigenvalue weighted by Gasteiger charge is 2.44. The highest BCUT2D eigenvalue weighted by Crippen LogP contribution is 2.28. The van der Waals surface area contributed by atoms with Gasteiger partial charge in [-0.2, -0.15) is 0 Å². The molecular weight excluding hydrogens is 537 g/mol. The van der Waals surface area contributed by atoms with E-state index >= 15 is 0 Å². The number of hydrogen-bond donors (Lipinski definition) is 2. The van der Waals surface area contributed by atoms with Gasteiger partial charge in [-0.1, -0.05) is 34.1 Å². The first-order chi connectivity index (χ1) is 16.1. The minimum absolute atomic E-state index is 0. The molecule has 0 heterocycles. The quantitative estimate of drug-likeness (QED) is 0.173. The summed E-state index contributed by atoms with van der Waals surface area (Å²) in [5, 5.41) is 5.73. The molecule has 0 aliphatic heterocycles. The van der Waals surface area contributed by atoms with Crippen molar-refractivity contribution in [3.05, 3.63) is 0 Å². The Balaban J connectivity index is -0.000000981. The molecule has 2 amide bonds. The molecule has 0 aromatic rings. The number of hydrogen-bond acceptors (Lipinski definition) is 5. The van der Waals surface area contributed by atoms with Crippen LogP contribution < -0.4 is 10.6 Å². The molecular formula is C25H62N2O6Si4. The van der Waals surface area contributed by atoms with E-state index in [1.165, 1.54) is 0 Å². The average molecular weight is 599 g/mol. The molecule has 0 radical (unpaired) electrons. The monoisotopic (exact) mass is 598 g/mol. The largest absolute Gasteiger partial charge is 0.437 e. The van der Waals surface area contributed by atoms with Gasteiger partial charge in [-0.05, 0) is 90.1 Å². The third-order valence-corrected chi connectivity index (χ3v) is 18.0. The van der Waals surface area contributed by atoms with E-state index in [2.05, 4.69) is 83.4 Å². The summed E-state index contributed by atoms with van der Waals surface area (Å²) >= 11 is 0. The molecule has 0 saturated carbocycles. The first-order valence-corrected chi connectivity index (χ1v) is 25.9. The maximum absolute atomic E-state index is 11.9. The van der Waals surface area contributed by atoms with Crippen LogP contribution in [0.1, 0.15) is 60.3 Å². The van der Waals surface area contributed by atoms with E-state index in [1.54, 1.807) is 0 Å². The van der Waals surface area contributed by atoms with Gasteiger partial charge < -0.3 is 28.5 Å². The van der Waals surface area contributed by atoms with E-state index < -0.39 is 33.8 Å². The summed E-state index contributed by atoms with van der Waals surface area (Å²) in [7, 11) is -7.96. The Morgan fingerprint density at radius 2 is 1.22 bits per heavy atom. The van der Waals surface area contributed by atoms with Gasteiger partial charge in [-0.15, -0.1) is 0 Å². The highest BCUT2D eigenvalue weighted by molar-refractivity contribution is 6.89. The number of rotatable bonds is 16. The van der Waals surface area contributed by atoms with Crippen molar-refractivity contribution in [3.63, 3.8) is 0 Å². The fourth-order valence-electron chi connectivity index (χ4n) is 3.83. The fourth-order valence-corrected chi connectivity index (χ4v) is 21.9. The van der Waals surface area contributed by atoms with Crippen LogP contribution in [0, 0.1) is 11.8 Å². The Morgan fingerprint density at radius 3 is 1.62 bits per heavy atom. The molecule has 0 aromatic carbocycles. The van der Waals surface area contributed by atoms with Crippen molar-refractivity contribution in [2.45, 2.75) is 125 Å². The number of carbonyl (C=O) groups excluding carboxylic acids is 2. The summed E-state index contributed by atoms with van der Waals surface area (Å²) in [6, 6.07) is 0.917.